The number of ether oxygens (including phenoxy) is 1. The van der Waals surface area contributed by atoms with Crippen LogP contribution >= 0.6 is 24.0 Å². The molecule has 2 atom stereocenters. The summed E-state index contributed by atoms with van der Waals surface area (Å²) in [4.78, 5) is 12.5. The van der Waals surface area contributed by atoms with E-state index in [1.165, 1.54) is 32.4 Å². The molecule has 3 fully saturated rings. The van der Waals surface area contributed by atoms with Gasteiger partial charge in [-0.3, -0.25) is 9.89 Å². The van der Waals surface area contributed by atoms with Crippen LogP contribution in [0.25, 0.3) is 0 Å². The number of aliphatic imine (C=N–C) groups is 1. The first kappa shape index (κ1) is 21.2. The molecule has 0 amide bonds. The van der Waals surface area contributed by atoms with Gasteiger partial charge in [-0.2, -0.15) is 0 Å². The normalized spacial score (nSPS) is 29.5. The van der Waals surface area contributed by atoms with Crippen LogP contribution in [0, 0.1) is 5.92 Å². The molecule has 0 aliphatic carbocycles. The fourth-order valence-corrected chi connectivity index (χ4v) is 4.24. The summed E-state index contributed by atoms with van der Waals surface area (Å²) in [7, 11) is 2.23. The Balaban J connectivity index is 0.00000225. The van der Waals surface area contributed by atoms with Gasteiger partial charge in [0.1, 0.15) is 0 Å². The molecule has 25 heavy (non-hydrogen) atoms. The molecule has 3 aliphatic rings. The lowest BCUT2D eigenvalue weighted by Gasteiger charge is -2.32. The molecular formula is C18H36IN5O. The van der Waals surface area contributed by atoms with E-state index in [4.69, 9.17) is 9.73 Å². The second-order valence-electron chi connectivity index (χ2n) is 7.50. The fraction of sp³-hybridized carbons (Fsp3) is 0.944. The molecule has 0 aromatic carbocycles. The highest BCUT2D eigenvalue weighted by Crippen LogP contribution is 2.18. The Kier molecular flexibility index (Phi) is 9.23. The summed E-state index contributed by atoms with van der Waals surface area (Å²) < 4.78 is 5.49. The van der Waals surface area contributed by atoms with Crippen molar-refractivity contribution in [1.82, 2.24) is 20.0 Å². The quantitative estimate of drug-likeness (QED) is 0.386. The number of likely N-dealkylation sites (tertiary alicyclic amines) is 2. The van der Waals surface area contributed by atoms with E-state index in [0.717, 1.165) is 64.4 Å². The zero-order valence-corrected chi connectivity index (χ0v) is 18.3. The average molecular weight is 465 g/mol. The number of piperidine rings is 1. The maximum Gasteiger partial charge on any atom is 0.193 e. The Morgan fingerprint density at radius 3 is 2.64 bits per heavy atom. The van der Waals surface area contributed by atoms with E-state index < -0.39 is 0 Å². The summed E-state index contributed by atoms with van der Waals surface area (Å²) in [6.45, 7) is 12.7. The average Bonchev–Trinajstić information content (AvgIpc) is 3.09. The van der Waals surface area contributed by atoms with E-state index in [1.54, 1.807) is 0 Å². The molecule has 6 nitrogen and oxygen atoms in total. The highest BCUT2D eigenvalue weighted by Gasteiger charge is 2.30. The number of halogens is 1. The van der Waals surface area contributed by atoms with Crippen molar-refractivity contribution in [2.24, 2.45) is 10.9 Å². The predicted octanol–water partition coefficient (Wildman–Crippen LogP) is 1.32. The second-order valence-corrected chi connectivity index (χ2v) is 7.50. The molecule has 3 heterocycles. The first-order valence-corrected chi connectivity index (χ1v) is 9.80. The maximum absolute atomic E-state index is 5.49. The molecule has 1 N–H and O–H groups in total. The van der Waals surface area contributed by atoms with Crippen molar-refractivity contribution in [1.29, 1.82) is 0 Å². The van der Waals surface area contributed by atoms with Crippen LogP contribution in [0.4, 0.5) is 0 Å². The maximum atomic E-state index is 5.49. The van der Waals surface area contributed by atoms with Crippen LogP contribution in [0.15, 0.2) is 4.99 Å². The molecule has 146 valence electrons. The van der Waals surface area contributed by atoms with E-state index in [2.05, 4.69) is 34.0 Å². The summed E-state index contributed by atoms with van der Waals surface area (Å²) in [5.41, 5.74) is 0. The number of guanidine groups is 1. The van der Waals surface area contributed by atoms with E-state index in [0.29, 0.717) is 6.04 Å². The molecule has 0 spiro atoms. The van der Waals surface area contributed by atoms with E-state index in [9.17, 15) is 0 Å². The Morgan fingerprint density at radius 1 is 1.12 bits per heavy atom. The van der Waals surface area contributed by atoms with Gasteiger partial charge in [0.2, 0.25) is 0 Å². The van der Waals surface area contributed by atoms with E-state index in [1.807, 2.05) is 0 Å². The number of nitrogens with one attached hydrogen (secondary N) is 1. The fourth-order valence-electron chi connectivity index (χ4n) is 4.24. The molecular weight excluding hydrogens is 429 g/mol. The van der Waals surface area contributed by atoms with Crippen LogP contribution in [0.5, 0.6) is 0 Å². The molecule has 3 rings (SSSR count). The molecule has 7 heteroatoms. The monoisotopic (exact) mass is 465 g/mol. The summed E-state index contributed by atoms with van der Waals surface area (Å²) >= 11 is 0. The van der Waals surface area contributed by atoms with Crippen molar-refractivity contribution in [2.45, 2.75) is 32.2 Å². The van der Waals surface area contributed by atoms with Crippen LogP contribution in [-0.2, 0) is 4.74 Å². The van der Waals surface area contributed by atoms with Gasteiger partial charge in [0.25, 0.3) is 0 Å². The zero-order chi connectivity index (χ0) is 16.8. The van der Waals surface area contributed by atoms with Gasteiger partial charge in [-0.1, -0.05) is 0 Å². The number of morpholine rings is 1. The van der Waals surface area contributed by atoms with Crippen molar-refractivity contribution in [2.75, 3.05) is 72.6 Å². The molecule has 0 aromatic heterocycles. The molecule has 2 unspecified atom stereocenters. The molecule has 3 saturated heterocycles. The van der Waals surface area contributed by atoms with Crippen molar-refractivity contribution in [3.05, 3.63) is 0 Å². The lowest BCUT2D eigenvalue weighted by atomic mass is 9.99. The van der Waals surface area contributed by atoms with Gasteiger partial charge in [0.05, 0.1) is 13.2 Å². The number of hydrogen-bond acceptors (Lipinski definition) is 4. The Hall–Kier alpha value is -0.120. The Labute approximate surface area is 170 Å². The molecule has 0 aromatic rings. The summed E-state index contributed by atoms with van der Waals surface area (Å²) in [5.74, 6) is 1.84. The minimum atomic E-state index is 0. The first-order valence-electron chi connectivity index (χ1n) is 9.80. The molecule has 0 saturated carbocycles. The first-order chi connectivity index (χ1) is 11.8. The standard InChI is InChI=1S/C18H35N5O.HI/c1-3-19-18(20-13-16-5-4-7-21(2)14-16)23-8-6-17(15-23)22-9-11-24-12-10-22;/h16-17H,3-15H2,1-2H3,(H,19,20);1H. The highest BCUT2D eigenvalue weighted by atomic mass is 127. The van der Waals surface area contributed by atoms with Crippen molar-refractivity contribution >= 4 is 29.9 Å². The predicted molar refractivity (Wildman–Crippen MR) is 114 cm³/mol. The van der Waals surface area contributed by atoms with Crippen molar-refractivity contribution in [3.8, 4) is 0 Å². The van der Waals surface area contributed by atoms with Crippen molar-refractivity contribution in [3.63, 3.8) is 0 Å². The van der Waals surface area contributed by atoms with Gasteiger partial charge >= 0.3 is 0 Å². The molecule has 0 radical (unpaired) electrons. The largest absolute Gasteiger partial charge is 0.379 e. The van der Waals surface area contributed by atoms with Crippen molar-refractivity contribution < 1.29 is 4.74 Å². The van der Waals surface area contributed by atoms with Crippen LogP contribution in [0.1, 0.15) is 26.2 Å². The van der Waals surface area contributed by atoms with Gasteiger partial charge in [0, 0.05) is 51.9 Å². The topological polar surface area (TPSA) is 43.3 Å². The number of nitrogens with zero attached hydrogens (tertiary/aromatic N) is 4. The van der Waals surface area contributed by atoms with Gasteiger partial charge < -0.3 is 19.9 Å². The van der Waals surface area contributed by atoms with E-state index >= 15 is 0 Å². The Morgan fingerprint density at radius 2 is 1.92 bits per heavy atom. The minimum Gasteiger partial charge on any atom is -0.379 e. The van der Waals surface area contributed by atoms with Gasteiger partial charge in [-0.15, -0.1) is 24.0 Å². The zero-order valence-electron chi connectivity index (χ0n) is 16.0. The highest BCUT2D eigenvalue weighted by molar-refractivity contribution is 14.0. The SMILES string of the molecule is CCNC(=NCC1CCCN(C)C1)N1CCC(N2CCOCC2)C1.I. The van der Waals surface area contributed by atoms with Crippen LogP contribution < -0.4 is 5.32 Å². The molecule has 0 bridgehead atoms. The number of rotatable bonds is 4. The second kappa shape index (κ2) is 10.9. The summed E-state index contributed by atoms with van der Waals surface area (Å²) in [6, 6.07) is 0.665. The van der Waals surface area contributed by atoms with Gasteiger partial charge in [0.15, 0.2) is 5.96 Å². The molecule has 3 aliphatic heterocycles. The lowest BCUT2D eigenvalue weighted by molar-refractivity contribution is 0.0195. The summed E-state index contributed by atoms with van der Waals surface area (Å²) in [6.07, 6.45) is 3.89. The Bertz CT molecular complexity index is 416. The third-order valence-electron chi connectivity index (χ3n) is 5.58. The third kappa shape index (κ3) is 6.22. The van der Waals surface area contributed by atoms with Crippen LogP contribution in [0.2, 0.25) is 0 Å². The smallest absolute Gasteiger partial charge is 0.193 e. The van der Waals surface area contributed by atoms with Crippen LogP contribution in [-0.4, -0.2) is 99.3 Å². The van der Waals surface area contributed by atoms with Crippen LogP contribution in [0.3, 0.4) is 0 Å². The van der Waals surface area contributed by atoms with Gasteiger partial charge in [-0.25, -0.2) is 0 Å². The lowest BCUT2D eigenvalue weighted by Crippen LogP contribution is -2.47. The van der Waals surface area contributed by atoms with Gasteiger partial charge in [-0.05, 0) is 45.7 Å². The third-order valence-corrected chi connectivity index (χ3v) is 5.58. The van der Waals surface area contributed by atoms with E-state index in [-0.39, 0.29) is 24.0 Å². The number of hydrogen-bond donors (Lipinski definition) is 1. The minimum absolute atomic E-state index is 0. The summed E-state index contributed by atoms with van der Waals surface area (Å²) in [5, 5.41) is 3.52.